The number of anilines is 1. The highest BCUT2D eigenvalue weighted by molar-refractivity contribution is 7.13. The number of oxazole rings is 1. The highest BCUT2D eigenvalue weighted by Crippen LogP contribution is 2.25. The number of nitrogens with zero attached hydrogens (tertiary/aromatic N) is 4. The molecule has 1 atom stereocenters. The molecule has 1 aliphatic heterocycles. The van der Waals surface area contributed by atoms with Gasteiger partial charge in [0.15, 0.2) is 5.13 Å². The van der Waals surface area contributed by atoms with Gasteiger partial charge in [0, 0.05) is 31.1 Å². The second kappa shape index (κ2) is 5.77. The summed E-state index contributed by atoms with van der Waals surface area (Å²) in [6.07, 6.45) is 0. The predicted octanol–water partition coefficient (Wildman–Crippen LogP) is 2.77. The summed E-state index contributed by atoms with van der Waals surface area (Å²) in [7, 11) is 0. The van der Waals surface area contributed by atoms with Crippen molar-refractivity contribution in [1.29, 1.82) is 0 Å². The van der Waals surface area contributed by atoms with Crippen molar-refractivity contribution >= 4 is 16.5 Å². The van der Waals surface area contributed by atoms with Crippen LogP contribution in [0.5, 0.6) is 0 Å². The van der Waals surface area contributed by atoms with Crippen LogP contribution >= 0.6 is 11.3 Å². The monoisotopic (exact) mass is 306 g/mol. The molecule has 3 heterocycles. The molecule has 1 unspecified atom stereocenters. The van der Waals surface area contributed by atoms with Crippen LogP contribution in [0.1, 0.15) is 30.0 Å². The largest absolute Gasteiger partial charge is 0.444 e. The van der Waals surface area contributed by atoms with Crippen LogP contribution < -0.4 is 4.90 Å². The normalized spacial score (nSPS) is 20.2. The number of aromatic nitrogens is 2. The fourth-order valence-corrected chi connectivity index (χ4v) is 3.66. The molecule has 0 aliphatic carbocycles. The van der Waals surface area contributed by atoms with Gasteiger partial charge in [-0.1, -0.05) is 0 Å². The van der Waals surface area contributed by atoms with Crippen molar-refractivity contribution in [2.75, 3.05) is 24.5 Å². The van der Waals surface area contributed by atoms with Crippen LogP contribution in [0.25, 0.3) is 0 Å². The third kappa shape index (κ3) is 3.11. The Balaban J connectivity index is 1.62. The predicted molar refractivity (Wildman–Crippen MR) is 84.9 cm³/mol. The number of hydrogen-bond acceptors (Lipinski definition) is 6. The van der Waals surface area contributed by atoms with E-state index >= 15 is 0 Å². The lowest BCUT2D eigenvalue weighted by molar-refractivity contribution is 0.201. The van der Waals surface area contributed by atoms with Crippen molar-refractivity contribution in [1.82, 2.24) is 14.9 Å². The van der Waals surface area contributed by atoms with Crippen LogP contribution in [0.4, 0.5) is 5.13 Å². The van der Waals surface area contributed by atoms with E-state index in [-0.39, 0.29) is 0 Å². The van der Waals surface area contributed by atoms with Crippen LogP contribution in [0.2, 0.25) is 0 Å². The minimum atomic E-state index is 0.460. The van der Waals surface area contributed by atoms with Crippen LogP contribution in [-0.4, -0.2) is 40.5 Å². The number of thiazole rings is 1. The minimum Gasteiger partial charge on any atom is -0.444 e. The molecule has 2 aromatic heterocycles. The lowest BCUT2D eigenvalue weighted by Crippen LogP contribution is -2.51. The summed E-state index contributed by atoms with van der Waals surface area (Å²) in [6, 6.07) is 0.460. The van der Waals surface area contributed by atoms with Crippen molar-refractivity contribution < 1.29 is 4.42 Å². The Morgan fingerprint density at radius 2 is 2.10 bits per heavy atom. The smallest absolute Gasteiger partial charge is 0.208 e. The Morgan fingerprint density at radius 3 is 2.67 bits per heavy atom. The zero-order valence-corrected chi connectivity index (χ0v) is 13.9. The zero-order valence-electron chi connectivity index (χ0n) is 13.1. The minimum absolute atomic E-state index is 0.460. The average molecular weight is 306 g/mol. The first-order valence-electron chi connectivity index (χ1n) is 7.37. The Bertz CT molecular complexity index is 601. The molecule has 1 aliphatic rings. The Morgan fingerprint density at radius 1 is 1.29 bits per heavy atom. The Hall–Kier alpha value is -1.40. The molecule has 0 N–H and O–H groups in total. The van der Waals surface area contributed by atoms with Gasteiger partial charge in [-0.25, -0.2) is 9.97 Å². The SMILES string of the molecule is Cc1csc(N2CCN(Cc3nc(C)c(C)o3)CC2C)n1. The molecule has 0 saturated carbocycles. The first kappa shape index (κ1) is 14.5. The van der Waals surface area contributed by atoms with Gasteiger partial charge < -0.3 is 9.32 Å². The summed E-state index contributed by atoms with van der Waals surface area (Å²) in [5.74, 6) is 1.76. The van der Waals surface area contributed by atoms with E-state index in [1.165, 1.54) is 0 Å². The van der Waals surface area contributed by atoms with Crippen LogP contribution in [0.3, 0.4) is 0 Å². The highest BCUT2D eigenvalue weighted by atomic mass is 32.1. The lowest BCUT2D eigenvalue weighted by atomic mass is 10.2. The zero-order chi connectivity index (χ0) is 15.0. The summed E-state index contributed by atoms with van der Waals surface area (Å²) < 4.78 is 5.69. The maximum atomic E-state index is 5.69. The quantitative estimate of drug-likeness (QED) is 0.872. The van der Waals surface area contributed by atoms with Crippen LogP contribution in [-0.2, 0) is 6.54 Å². The fourth-order valence-electron chi connectivity index (χ4n) is 2.73. The standard InChI is InChI=1S/C15H22N4OS/c1-10-9-21-15(16-10)19-6-5-18(7-11(19)2)8-14-17-12(3)13(4)20-14/h9,11H,5-8H2,1-4H3. The van der Waals surface area contributed by atoms with E-state index in [2.05, 4.69) is 32.1 Å². The van der Waals surface area contributed by atoms with Gasteiger partial charge in [0.1, 0.15) is 5.76 Å². The maximum absolute atomic E-state index is 5.69. The van der Waals surface area contributed by atoms with Gasteiger partial charge in [0.25, 0.3) is 0 Å². The molecular weight excluding hydrogens is 284 g/mol. The van der Waals surface area contributed by atoms with Crippen molar-refractivity contribution in [2.24, 2.45) is 0 Å². The molecule has 1 saturated heterocycles. The summed E-state index contributed by atoms with van der Waals surface area (Å²) in [4.78, 5) is 13.9. The molecule has 5 nitrogen and oxygen atoms in total. The Labute approximate surface area is 129 Å². The first-order chi connectivity index (χ1) is 10.0. The van der Waals surface area contributed by atoms with Crippen molar-refractivity contribution in [3.8, 4) is 0 Å². The summed E-state index contributed by atoms with van der Waals surface area (Å²) >= 11 is 1.74. The van der Waals surface area contributed by atoms with Gasteiger partial charge in [-0.3, -0.25) is 4.90 Å². The van der Waals surface area contributed by atoms with E-state index in [1.807, 2.05) is 20.8 Å². The molecule has 0 radical (unpaired) electrons. The summed E-state index contributed by atoms with van der Waals surface area (Å²) in [5.41, 5.74) is 2.10. The lowest BCUT2D eigenvalue weighted by Gasteiger charge is -2.39. The fraction of sp³-hybridized carbons (Fsp3) is 0.600. The molecule has 0 amide bonds. The van der Waals surface area contributed by atoms with E-state index in [1.54, 1.807) is 11.3 Å². The van der Waals surface area contributed by atoms with Gasteiger partial charge in [-0.05, 0) is 27.7 Å². The maximum Gasteiger partial charge on any atom is 0.208 e. The molecule has 21 heavy (non-hydrogen) atoms. The molecule has 1 fully saturated rings. The van der Waals surface area contributed by atoms with E-state index in [0.717, 1.165) is 54.3 Å². The summed E-state index contributed by atoms with van der Waals surface area (Å²) in [6.45, 7) is 12.1. The van der Waals surface area contributed by atoms with Gasteiger partial charge >= 0.3 is 0 Å². The molecule has 0 spiro atoms. The molecule has 2 aromatic rings. The van der Waals surface area contributed by atoms with E-state index in [4.69, 9.17) is 4.42 Å². The van der Waals surface area contributed by atoms with E-state index in [0.29, 0.717) is 6.04 Å². The number of hydrogen-bond donors (Lipinski definition) is 0. The van der Waals surface area contributed by atoms with Gasteiger partial charge in [-0.2, -0.15) is 0 Å². The molecule has 114 valence electrons. The molecule has 3 rings (SSSR count). The van der Waals surface area contributed by atoms with Gasteiger partial charge in [0.2, 0.25) is 5.89 Å². The van der Waals surface area contributed by atoms with Crippen molar-refractivity contribution in [2.45, 2.75) is 40.3 Å². The highest BCUT2D eigenvalue weighted by Gasteiger charge is 2.26. The van der Waals surface area contributed by atoms with Crippen molar-refractivity contribution in [3.05, 3.63) is 28.4 Å². The van der Waals surface area contributed by atoms with E-state index < -0.39 is 0 Å². The first-order valence-corrected chi connectivity index (χ1v) is 8.25. The van der Waals surface area contributed by atoms with E-state index in [9.17, 15) is 0 Å². The molecular formula is C15H22N4OS. The topological polar surface area (TPSA) is 45.4 Å². The number of rotatable bonds is 3. The van der Waals surface area contributed by atoms with Gasteiger partial charge in [0.05, 0.1) is 17.9 Å². The summed E-state index contributed by atoms with van der Waals surface area (Å²) in [5, 5.41) is 3.26. The second-order valence-electron chi connectivity index (χ2n) is 5.80. The van der Waals surface area contributed by atoms with Crippen molar-refractivity contribution in [3.63, 3.8) is 0 Å². The Kier molecular flexibility index (Phi) is 3.99. The van der Waals surface area contributed by atoms with Crippen LogP contribution in [0, 0.1) is 20.8 Å². The van der Waals surface area contributed by atoms with Gasteiger partial charge in [-0.15, -0.1) is 11.3 Å². The van der Waals surface area contributed by atoms with Crippen LogP contribution in [0.15, 0.2) is 9.80 Å². The average Bonchev–Trinajstić information content (AvgIpc) is 2.97. The third-order valence-electron chi connectivity index (χ3n) is 4.00. The number of aryl methyl sites for hydroxylation is 3. The molecule has 0 bridgehead atoms. The molecule has 6 heteroatoms. The third-order valence-corrected chi connectivity index (χ3v) is 4.99. The second-order valence-corrected chi connectivity index (χ2v) is 6.63. The molecule has 0 aromatic carbocycles. The number of piperazine rings is 1.